The van der Waals surface area contributed by atoms with Crippen LogP contribution in [0.15, 0.2) is 60.7 Å². The van der Waals surface area contributed by atoms with E-state index in [0.717, 1.165) is 41.0 Å². The monoisotopic (exact) mass is 576 g/mol. The fraction of sp³-hybridized carbons (Fsp3) is 0.333. The Morgan fingerprint density at radius 2 is 1.95 bits per heavy atom. The molecule has 3 aromatic carbocycles. The number of nitrogens with one attached hydrogen (secondary N) is 1. The topological polar surface area (TPSA) is 120 Å². The number of nitrogens with zero attached hydrogens (tertiary/aromatic N) is 3. The SMILES string of the molecule is CCOC(SCC)[C@@H]1CCCN1C(=O)c1cc(OC)c(Oc2ccc(-c3nc4ccccc4[nH]3)cc2)cc1[N+](=O)[O-]. The largest absolute Gasteiger partial charge is 0.493 e. The minimum absolute atomic E-state index is 0.0388. The van der Waals surface area contributed by atoms with E-state index in [-0.39, 0.29) is 34.2 Å². The lowest BCUT2D eigenvalue weighted by Gasteiger charge is -2.31. The molecule has 0 bridgehead atoms. The van der Waals surface area contributed by atoms with Crippen LogP contribution in [0.1, 0.15) is 37.0 Å². The lowest BCUT2D eigenvalue weighted by molar-refractivity contribution is -0.385. The number of likely N-dealkylation sites (tertiary alicyclic amines) is 1. The van der Waals surface area contributed by atoms with Crippen molar-refractivity contribution in [3.63, 3.8) is 0 Å². The molecule has 0 aliphatic carbocycles. The summed E-state index contributed by atoms with van der Waals surface area (Å²) in [4.78, 5) is 34.9. The Kier molecular flexibility index (Phi) is 8.75. The van der Waals surface area contributed by atoms with Crippen molar-refractivity contribution in [3.8, 4) is 28.6 Å². The molecule has 1 N–H and O–H groups in total. The number of para-hydroxylation sites is 2. The number of ether oxygens (including phenoxy) is 3. The lowest BCUT2D eigenvalue weighted by atomic mass is 10.1. The van der Waals surface area contributed by atoms with Gasteiger partial charge in [-0.2, -0.15) is 0 Å². The summed E-state index contributed by atoms with van der Waals surface area (Å²) in [6.07, 6.45) is 1.58. The van der Waals surface area contributed by atoms with Crippen LogP contribution < -0.4 is 9.47 Å². The number of carbonyl (C=O) groups excluding carboxylic acids is 1. The molecule has 1 aliphatic heterocycles. The number of hydrogen-bond acceptors (Lipinski definition) is 8. The molecule has 1 fully saturated rings. The molecule has 11 heteroatoms. The molecule has 1 saturated heterocycles. The molecule has 1 unspecified atom stereocenters. The molecule has 214 valence electrons. The molecule has 2 heterocycles. The number of thioether (sulfide) groups is 1. The Morgan fingerprint density at radius 1 is 1.17 bits per heavy atom. The van der Waals surface area contributed by atoms with Gasteiger partial charge in [0.2, 0.25) is 0 Å². The zero-order valence-corrected chi connectivity index (χ0v) is 24.0. The van der Waals surface area contributed by atoms with Crippen molar-refractivity contribution in [2.75, 3.05) is 26.0 Å². The number of rotatable bonds is 11. The number of fused-ring (bicyclic) bond motifs is 1. The number of nitro benzene ring substituents is 1. The number of aromatic amines is 1. The number of hydrogen-bond donors (Lipinski definition) is 1. The van der Waals surface area contributed by atoms with Crippen LogP contribution in [0, 0.1) is 10.1 Å². The van der Waals surface area contributed by atoms with Crippen molar-refractivity contribution in [2.24, 2.45) is 0 Å². The van der Waals surface area contributed by atoms with Crippen LogP contribution in [0.5, 0.6) is 17.2 Å². The third kappa shape index (κ3) is 6.01. The third-order valence-electron chi connectivity index (χ3n) is 6.99. The van der Waals surface area contributed by atoms with Crippen molar-refractivity contribution in [3.05, 3.63) is 76.3 Å². The number of benzene rings is 3. The van der Waals surface area contributed by atoms with E-state index in [1.54, 1.807) is 28.8 Å². The van der Waals surface area contributed by atoms with Gasteiger partial charge in [0.05, 0.1) is 35.2 Å². The first-order valence-electron chi connectivity index (χ1n) is 13.6. The van der Waals surface area contributed by atoms with Crippen molar-refractivity contribution < 1.29 is 23.9 Å². The molecular formula is C30H32N4O6S. The molecule has 4 aromatic rings. The first kappa shape index (κ1) is 28.4. The standard InChI is InChI=1S/C30H32N4O6S/c1-4-39-30(41-5-2)24-11-8-16-33(24)29(35)21-17-26(38-3)27(18-25(21)34(36)37)40-20-14-12-19(13-15-20)28-31-22-9-6-7-10-23(22)32-28/h6-7,9-10,12-15,17-18,24,30H,4-5,8,11,16H2,1-3H3,(H,31,32)/t24-,30?/m0/s1. The second-order valence-electron chi connectivity index (χ2n) is 9.49. The summed E-state index contributed by atoms with van der Waals surface area (Å²) in [7, 11) is 1.44. The highest BCUT2D eigenvalue weighted by Gasteiger charge is 2.38. The third-order valence-corrected chi connectivity index (χ3v) is 8.10. The summed E-state index contributed by atoms with van der Waals surface area (Å²) in [5.41, 5.74) is 2.09. The Labute approximate surface area is 242 Å². The second-order valence-corrected chi connectivity index (χ2v) is 10.9. The van der Waals surface area contributed by atoms with E-state index >= 15 is 0 Å². The van der Waals surface area contributed by atoms with Gasteiger partial charge in [0.1, 0.15) is 22.6 Å². The number of nitro groups is 1. The highest BCUT2D eigenvalue weighted by Crippen LogP contribution is 2.40. The van der Waals surface area contributed by atoms with E-state index < -0.39 is 10.8 Å². The van der Waals surface area contributed by atoms with Gasteiger partial charge in [-0.3, -0.25) is 14.9 Å². The van der Waals surface area contributed by atoms with Gasteiger partial charge < -0.3 is 24.1 Å². The number of carbonyl (C=O) groups is 1. The molecule has 0 spiro atoms. The van der Waals surface area contributed by atoms with E-state index in [1.165, 1.54) is 19.2 Å². The molecule has 1 amide bonds. The number of amides is 1. The van der Waals surface area contributed by atoms with Crippen molar-refractivity contribution in [1.82, 2.24) is 14.9 Å². The molecule has 5 rings (SSSR count). The van der Waals surface area contributed by atoms with Gasteiger partial charge >= 0.3 is 0 Å². The van der Waals surface area contributed by atoms with E-state index in [1.807, 2.05) is 50.2 Å². The summed E-state index contributed by atoms with van der Waals surface area (Å²) in [5.74, 6) is 1.95. The fourth-order valence-corrected chi connectivity index (χ4v) is 6.16. The number of H-pyrrole nitrogens is 1. The molecule has 1 aromatic heterocycles. The van der Waals surface area contributed by atoms with E-state index in [9.17, 15) is 14.9 Å². The van der Waals surface area contributed by atoms with E-state index in [4.69, 9.17) is 14.2 Å². The van der Waals surface area contributed by atoms with Gasteiger partial charge in [0.25, 0.3) is 11.6 Å². The van der Waals surface area contributed by atoms with Gasteiger partial charge in [0.15, 0.2) is 11.5 Å². The van der Waals surface area contributed by atoms with Gasteiger partial charge in [-0.05, 0) is 61.9 Å². The van der Waals surface area contributed by atoms with E-state index in [0.29, 0.717) is 18.9 Å². The minimum Gasteiger partial charge on any atom is -0.493 e. The minimum atomic E-state index is -0.559. The van der Waals surface area contributed by atoms with Crippen molar-refractivity contribution in [2.45, 2.75) is 38.2 Å². The molecule has 10 nitrogen and oxygen atoms in total. The van der Waals surface area contributed by atoms with Crippen molar-refractivity contribution in [1.29, 1.82) is 0 Å². The van der Waals surface area contributed by atoms with E-state index in [2.05, 4.69) is 9.97 Å². The maximum Gasteiger partial charge on any atom is 0.286 e. The maximum absolute atomic E-state index is 13.7. The van der Waals surface area contributed by atoms with Gasteiger partial charge in [-0.15, -0.1) is 11.8 Å². The molecule has 0 radical (unpaired) electrons. The Bertz CT molecular complexity index is 1500. The first-order valence-corrected chi connectivity index (χ1v) is 14.6. The lowest BCUT2D eigenvalue weighted by Crippen LogP contribution is -2.43. The molecule has 0 saturated carbocycles. The summed E-state index contributed by atoms with van der Waals surface area (Å²) < 4.78 is 17.5. The molecule has 1 aliphatic rings. The quantitative estimate of drug-likeness (QED) is 0.120. The molecular weight excluding hydrogens is 544 g/mol. The van der Waals surface area contributed by atoms with Crippen LogP contribution in [0.3, 0.4) is 0 Å². The Hall–Kier alpha value is -4.09. The second kappa shape index (κ2) is 12.6. The summed E-state index contributed by atoms with van der Waals surface area (Å²) in [6, 6.07) is 17.5. The van der Waals surface area contributed by atoms with Crippen LogP contribution >= 0.6 is 11.8 Å². The van der Waals surface area contributed by atoms with Crippen LogP contribution in [0.25, 0.3) is 22.4 Å². The molecule has 41 heavy (non-hydrogen) atoms. The number of methoxy groups -OCH3 is 1. The Balaban J connectivity index is 1.41. The van der Waals surface area contributed by atoms with Crippen LogP contribution in [-0.4, -0.2) is 63.2 Å². The Morgan fingerprint density at radius 3 is 2.63 bits per heavy atom. The van der Waals surface area contributed by atoms with Gasteiger partial charge in [0, 0.05) is 24.8 Å². The normalized spacial score (nSPS) is 15.7. The average Bonchev–Trinajstić information content (AvgIpc) is 3.64. The number of imidazole rings is 1. The summed E-state index contributed by atoms with van der Waals surface area (Å²) in [6.45, 7) is 4.99. The highest BCUT2D eigenvalue weighted by molar-refractivity contribution is 7.99. The fourth-order valence-electron chi connectivity index (χ4n) is 5.09. The predicted octanol–water partition coefficient (Wildman–Crippen LogP) is 6.66. The van der Waals surface area contributed by atoms with Crippen molar-refractivity contribution >= 4 is 34.4 Å². The molecule has 2 atom stereocenters. The predicted molar refractivity (Wildman–Crippen MR) is 159 cm³/mol. The smallest absolute Gasteiger partial charge is 0.286 e. The van der Waals surface area contributed by atoms with Crippen LogP contribution in [-0.2, 0) is 4.74 Å². The summed E-state index contributed by atoms with van der Waals surface area (Å²) >= 11 is 1.64. The zero-order chi connectivity index (χ0) is 28.9. The van der Waals surface area contributed by atoms with Crippen LogP contribution in [0.4, 0.5) is 5.69 Å². The van der Waals surface area contributed by atoms with Gasteiger partial charge in [-0.25, -0.2) is 4.98 Å². The highest BCUT2D eigenvalue weighted by atomic mass is 32.2. The summed E-state index contributed by atoms with van der Waals surface area (Å²) in [5, 5.41) is 12.1. The zero-order valence-electron chi connectivity index (χ0n) is 23.2. The first-order chi connectivity index (χ1) is 19.9. The number of aromatic nitrogens is 2. The van der Waals surface area contributed by atoms with Crippen LogP contribution in [0.2, 0.25) is 0 Å². The maximum atomic E-state index is 13.7. The van der Waals surface area contributed by atoms with Gasteiger partial charge in [-0.1, -0.05) is 19.1 Å². The average molecular weight is 577 g/mol.